The summed E-state index contributed by atoms with van der Waals surface area (Å²) in [6.07, 6.45) is -0.137. The zero-order valence-corrected chi connectivity index (χ0v) is 11.9. The van der Waals surface area contributed by atoms with Crippen molar-refractivity contribution in [3.05, 3.63) is 48.0 Å². The molecule has 0 aliphatic carbocycles. The van der Waals surface area contributed by atoms with E-state index in [4.69, 9.17) is 9.05 Å². The molecule has 1 aliphatic heterocycles. The first-order valence-corrected chi connectivity index (χ1v) is 7.47. The lowest BCUT2D eigenvalue weighted by molar-refractivity contribution is -0.0276. The van der Waals surface area contributed by atoms with Crippen LogP contribution in [0.1, 0.15) is 25.5 Å². The summed E-state index contributed by atoms with van der Waals surface area (Å²) < 4.78 is 10.9. The molecule has 1 aliphatic rings. The van der Waals surface area contributed by atoms with Crippen molar-refractivity contribution in [2.75, 3.05) is 6.61 Å². The van der Waals surface area contributed by atoms with Gasteiger partial charge >= 0.3 is 8.60 Å². The third-order valence-corrected chi connectivity index (χ3v) is 4.27. The summed E-state index contributed by atoms with van der Waals surface area (Å²) in [6, 6.07) is 14.5. The molecule has 0 amide bonds. The van der Waals surface area contributed by atoms with Gasteiger partial charge in [0.05, 0.1) is 12.7 Å². The molecule has 100 valence electrons. The average Bonchev–Trinajstić information content (AvgIpc) is 2.41. The molecule has 1 heterocycles. The lowest BCUT2D eigenvalue weighted by Crippen LogP contribution is -2.32. The Morgan fingerprint density at radius 2 is 1.89 bits per heavy atom. The van der Waals surface area contributed by atoms with Gasteiger partial charge in [-0.2, -0.15) is 0 Å². The second-order valence-electron chi connectivity index (χ2n) is 5.59. The Kier molecular flexibility index (Phi) is 3.32. The van der Waals surface area contributed by atoms with Crippen LogP contribution in [0.2, 0.25) is 0 Å². The van der Waals surface area contributed by atoms with Gasteiger partial charge in [0.2, 0.25) is 0 Å². The zero-order chi connectivity index (χ0) is 13.5. The second kappa shape index (κ2) is 4.84. The topological polar surface area (TPSA) is 38.7 Å². The van der Waals surface area contributed by atoms with Crippen molar-refractivity contribution in [2.24, 2.45) is 5.41 Å². The van der Waals surface area contributed by atoms with Crippen molar-refractivity contribution >= 4 is 19.4 Å². The lowest BCUT2D eigenvalue weighted by Gasteiger charge is -2.39. The normalized spacial score (nSPS) is 26.5. The highest BCUT2D eigenvalue weighted by Gasteiger charge is 2.39. The van der Waals surface area contributed by atoms with E-state index in [9.17, 15) is 4.89 Å². The number of benzene rings is 2. The number of hydrogen-bond acceptors (Lipinski definition) is 3. The van der Waals surface area contributed by atoms with E-state index in [0.29, 0.717) is 6.61 Å². The number of fused-ring (bicyclic) bond motifs is 1. The number of hydrogen-bond donors (Lipinski definition) is 1. The third kappa shape index (κ3) is 2.52. The Hall–Kier alpha value is -0.990. The predicted octanol–water partition coefficient (Wildman–Crippen LogP) is 4.17. The van der Waals surface area contributed by atoms with E-state index in [1.807, 2.05) is 12.1 Å². The maximum atomic E-state index is 9.61. The Morgan fingerprint density at radius 1 is 1.16 bits per heavy atom. The van der Waals surface area contributed by atoms with Crippen LogP contribution in [0.4, 0.5) is 0 Å². The van der Waals surface area contributed by atoms with Gasteiger partial charge in [0.1, 0.15) is 0 Å². The molecule has 1 saturated heterocycles. The highest BCUT2D eigenvalue weighted by Crippen LogP contribution is 2.53. The summed E-state index contributed by atoms with van der Waals surface area (Å²) in [6.45, 7) is 4.69. The maximum Gasteiger partial charge on any atom is 0.330 e. The molecule has 3 rings (SSSR count). The molecule has 3 nitrogen and oxygen atoms in total. The van der Waals surface area contributed by atoms with E-state index in [0.717, 1.165) is 5.56 Å². The van der Waals surface area contributed by atoms with Crippen molar-refractivity contribution in [3.8, 4) is 0 Å². The van der Waals surface area contributed by atoms with Crippen molar-refractivity contribution in [2.45, 2.75) is 20.0 Å². The largest absolute Gasteiger partial charge is 0.330 e. The molecular weight excluding hydrogens is 259 g/mol. The van der Waals surface area contributed by atoms with Crippen molar-refractivity contribution in [1.82, 2.24) is 0 Å². The van der Waals surface area contributed by atoms with Crippen LogP contribution in [0.15, 0.2) is 42.5 Å². The standard InChI is InChI=1S/C15H17O3P/c1-15(2)10-17-19(16)18-14(15)13-8-7-11-5-3-4-6-12(11)9-13/h3-9,14,16H,10H2,1-2H3. The van der Waals surface area contributed by atoms with E-state index >= 15 is 0 Å². The van der Waals surface area contributed by atoms with Gasteiger partial charge in [-0.15, -0.1) is 0 Å². The Labute approximate surface area is 114 Å². The minimum Gasteiger partial charge on any atom is -0.328 e. The van der Waals surface area contributed by atoms with Gasteiger partial charge in [-0.1, -0.05) is 50.2 Å². The maximum absolute atomic E-state index is 9.61. The summed E-state index contributed by atoms with van der Waals surface area (Å²) in [4.78, 5) is 9.61. The van der Waals surface area contributed by atoms with Crippen LogP contribution in [-0.4, -0.2) is 11.5 Å². The number of rotatable bonds is 1. The van der Waals surface area contributed by atoms with Crippen LogP contribution >= 0.6 is 8.60 Å². The van der Waals surface area contributed by atoms with E-state index in [2.05, 4.69) is 44.2 Å². The molecular formula is C15H17O3P. The van der Waals surface area contributed by atoms with E-state index in [1.165, 1.54) is 10.8 Å². The van der Waals surface area contributed by atoms with Crippen LogP contribution in [-0.2, 0) is 9.05 Å². The summed E-state index contributed by atoms with van der Waals surface area (Å²) in [5, 5.41) is 2.40. The quantitative estimate of drug-likeness (QED) is 0.794. The van der Waals surface area contributed by atoms with Crippen molar-refractivity contribution < 1.29 is 13.9 Å². The van der Waals surface area contributed by atoms with Gasteiger partial charge < -0.3 is 13.9 Å². The second-order valence-corrected chi connectivity index (χ2v) is 6.54. The molecule has 0 saturated carbocycles. The van der Waals surface area contributed by atoms with Gasteiger partial charge in [-0.25, -0.2) is 0 Å². The van der Waals surface area contributed by atoms with Crippen molar-refractivity contribution in [1.29, 1.82) is 0 Å². The zero-order valence-electron chi connectivity index (χ0n) is 11.0. The van der Waals surface area contributed by atoms with Gasteiger partial charge in [0.25, 0.3) is 0 Å². The van der Waals surface area contributed by atoms with E-state index in [1.54, 1.807) is 0 Å². The minimum atomic E-state index is -1.76. The molecule has 2 unspecified atom stereocenters. The fraction of sp³-hybridized carbons (Fsp3) is 0.333. The molecule has 2 aromatic rings. The first-order valence-electron chi connectivity index (χ1n) is 6.34. The van der Waals surface area contributed by atoms with Crippen molar-refractivity contribution in [3.63, 3.8) is 0 Å². The first-order chi connectivity index (χ1) is 9.06. The molecule has 2 atom stereocenters. The molecule has 0 radical (unpaired) electrons. The average molecular weight is 276 g/mol. The van der Waals surface area contributed by atoms with Gasteiger partial charge in [0, 0.05) is 5.41 Å². The molecule has 0 spiro atoms. The summed E-state index contributed by atoms with van der Waals surface area (Å²) in [5.41, 5.74) is 0.942. The third-order valence-electron chi connectivity index (χ3n) is 3.53. The predicted molar refractivity (Wildman–Crippen MR) is 76.6 cm³/mol. The molecule has 4 heteroatoms. The fourth-order valence-corrected chi connectivity index (χ4v) is 3.53. The summed E-state index contributed by atoms with van der Waals surface area (Å²) >= 11 is 0. The van der Waals surface area contributed by atoms with Gasteiger partial charge in [-0.3, -0.25) is 0 Å². The van der Waals surface area contributed by atoms with Crippen LogP contribution in [0.3, 0.4) is 0 Å². The smallest absolute Gasteiger partial charge is 0.328 e. The lowest BCUT2D eigenvalue weighted by atomic mass is 9.83. The Morgan fingerprint density at radius 3 is 2.68 bits per heavy atom. The monoisotopic (exact) mass is 276 g/mol. The summed E-state index contributed by atoms with van der Waals surface area (Å²) in [7, 11) is -1.76. The van der Waals surface area contributed by atoms with Crippen LogP contribution in [0, 0.1) is 5.41 Å². The Balaban J connectivity index is 2.02. The highest BCUT2D eigenvalue weighted by molar-refractivity contribution is 7.40. The molecule has 19 heavy (non-hydrogen) atoms. The molecule has 2 aromatic carbocycles. The van der Waals surface area contributed by atoms with Gasteiger partial charge in [0.15, 0.2) is 0 Å². The highest BCUT2D eigenvalue weighted by atomic mass is 31.2. The molecule has 0 bridgehead atoms. The van der Waals surface area contributed by atoms with Crippen LogP contribution in [0.5, 0.6) is 0 Å². The van der Waals surface area contributed by atoms with E-state index in [-0.39, 0.29) is 11.5 Å². The van der Waals surface area contributed by atoms with Crippen LogP contribution < -0.4 is 0 Å². The van der Waals surface area contributed by atoms with E-state index < -0.39 is 8.60 Å². The van der Waals surface area contributed by atoms with Crippen LogP contribution in [0.25, 0.3) is 10.8 Å². The SMILES string of the molecule is CC1(C)COP(O)OC1c1ccc2ccccc2c1. The summed E-state index contributed by atoms with van der Waals surface area (Å²) in [5.74, 6) is 0. The molecule has 0 aromatic heterocycles. The fourth-order valence-electron chi connectivity index (χ4n) is 2.44. The Bertz CT molecular complexity index is 597. The minimum absolute atomic E-state index is 0.137. The van der Waals surface area contributed by atoms with Gasteiger partial charge in [-0.05, 0) is 22.4 Å². The first kappa shape index (κ1) is 13.0. The molecule has 1 fully saturated rings. The molecule has 1 N–H and O–H groups in total.